The number of benzene rings is 2. The van der Waals surface area contributed by atoms with Crippen molar-refractivity contribution in [3.05, 3.63) is 52.5 Å². The van der Waals surface area contributed by atoms with Crippen LogP contribution in [0.5, 0.6) is 5.75 Å². The van der Waals surface area contributed by atoms with Crippen LogP contribution in [0.3, 0.4) is 0 Å². The highest BCUT2D eigenvalue weighted by Gasteiger charge is 2.40. The molecule has 1 aliphatic heterocycles. The first kappa shape index (κ1) is 18.9. The van der Waals surface area contributed by atoms with Gasteiger partial charge in [-0.25, -0.2) is 9.69 Å². The van der Waals surface area contributed by atoms with Crippen LogP contribution < -0.4 is 15.0 Å². The lowest BCUT2D eigenvalue weighted by Crippen LogP contribution is -2.58. The quantitative estimate of drug-likeness (QED) is 0.621. The van der Waals surface area contributed by atoms with Crippen molar-refractivity contribution in [1.29, 1.82) is 0 Å². The van der Waals surface area contributed by atoms with E-state index in [1.165, 1.54) is 25.3 Å². The smallest absolute Gasteiger partial charge is 0.335 e. The molecule has 2 aromatic carbocycles. The SMILES string of the molecule is COc1ccc(N2C(=O)NC(=O)[C@H](C=Nc3ccc(Cl)cc3Cl)C2=O)cc1. The van der Waals surface area contributed by atoms with Crippen LogP contribution >= 0.6 is 23.2 Å². The summed E-state index contributed by atoms with van der Waals surface area (Å²) in [6.07, 6.45) is 1.15. The number of nitrogens with zero attached hydrogens (tertiary/aromatic N) is 2. The van der Waals surface area contributed by atoms with Gasteiger partial charge in [-0.2, -0.15) is 0 Å². The van der Waals surface area contributed by atoms with Gasteiger partial charge in [-0.05, 0) is 42.5 Å². The predicted octanol–water partition coefficient (Wildman–Crippen LogP) is 3.60. The van der Waals surface area contributed by atoms with E-state index in [1.807, 2.05) is 0 Å². The minimum atomic E-state index is -1.28. The van der Waals surface area contributed by atoms with Gasteiger partial charge in [0.05, 0.1) is 23.5 Å². The predicted molar refractivity (Wildman–Crippen MR) is 102 cm³/mol. The molecule has 0 bridgehead atoms. The number of hydrogen-bond donors (Lipinski definition) is 1. The number of aliphatic imine (C=N–C) groups is 1. The lowest BCUT2D eigenvalue weighted by Gasteiger charge is -2.28. The van der Waals surface area contributed by atoms with Crippen LogP contribution in [-0.2, 0) is 9.59 Å². The molecule has 1 N–H and O–H groups in total. The lowest BCUT2D eigenvalue weighted by atomic mass is 10.1. The fourth-order valence-corrected chi connectivity index (χ4v) is 2.90. The zero-order valence-corrected chi connectivity index (χ0v) is 15.5. The van der Waals surface area contributed by atoms with Gasteiger partial charge < -0.3 is 4.74 Å². The molecular formula is C18H13Cl2N3O4. The Labute approximate surface area is 164 Å². The monoisotopic (exact) mass is 405 g/mol. The number of carbonyl (C=O) groups excluding carboxylic acids is 3. The molecule has 0 aliphatic carbocycles. The summed E-state index contributed by atoms with van der Waals surface area (Å²) < 4.78 is 5.05. The van der Waals surface area contributed by atoms with Crippen LogP contribution in [0.2, 0.25) is 10.0 Å². The van der Waals surface area contributed by atoms with Crippen LogP contribution in [-0.4, -0.2) is 31.2 Å². The second-order valence-corrected chi connectivity index (χ2v) is 6.36. The van der Waals surface area contributed by atoms with Crippen LogP contribution in [0.1, 0.15) is 0 Å². The van der Waals surface area contributed by atoms with Crippen molar-refractivity contribution in [3.8, 4) is 5.75 Å². The molecule has 1 fully saturated rings. The number of methoxy groups -OCH3 is 1. The summed E-state index contributed by atoms with van der Waals surface area (Å²) in [7, 11) is 1.50. The summed E-state index contributed by atoms with van der Waals surface area (Å²) in [4.78, 5) is 42.0. The molecule has 1 saturated heterocycles. The Morgan fingerprint density at radius 2 is 1.81 bits per heavy atom. The number of anilines is 1. The average molecular weight is 406 g/mol. The Morgan fingerprint density at radius 1 is 1.11 bits per heavy atom. The average Bonchev–Trinajstić information content (AvgIpc) is 2.63. The van der Waals surface area contributed by atoms with E-state index >= 15 is 0 Å². The molecular weight excluding hydrogens is 393 g/mol. The van der Waals surface area contributed by atoms with Gasteiger partial charge in [0.2, 0.25) is 5.91 Å². The van der Waals surface area contributed by atoms with Crippen molar-refractivity contribution in [1.82, 2.24) is 5.32 Å². The van der Waals surface area contributed by atoms with Crippen LogP contribution in [0.25, 0.3) is 0 Å². The highest BCUT2D eigenvalue weighted by Crippen LogP contribution is 2.28. The molecule has 0 unspecified atom stereocenters. The Bertz CT molecular complexity index is 944. The molecule has 9 heteroatoms. The third kappa shape index (κ3) is 3.94. The van der Waals surface area contributed by atoms with Crippen LogP contribution in [0, 0.1) is 5.92 Å². The number of hydrogen-bond acceptors (Lipinski definition) is 5. The summed E-state index contributed by atoms with van der Waals surface area (Å²) >= 11 is 11.9. The van der Waals surface area contributed by atoms with E-state index in [-0.39, 0.29) is 5.02 Å². The second kappa shape index (κ2) is 7.77. The van der Waals surface area contributed by atoms with E-state index in [0.29, 0.717) is 22.1 Å². The topological polar surface area (TPSA) is 88.1 Å². The van der Waals surface area contributed by atoms with Crippen molar-refractivity contribution >= 4 is 58.6 Å². The molecule has 3 rings (SSSR count). The molecule has 138 valence electrons. The molecule has 0 radical (unpaired) electrons. The first-order valence-electron chi connectivity index (χ1n) is 7.73. The number of ether oxygens (including phenoxy) is 1. The highest BCUT2D eigenvalue weighted by atomic mass is 35.5. The third-order valence-corrected chi connectivity index (χ3v) is 4.34. The third-order valence-electron chi connectivity index (χ3n) is 3.81. The van der Waals surface area contributed by atoms with Gasteiger partial charge in [-0.3, -0.25) is 19.9 Å². The van der Waals surface area contributed by atoms with E-state index in [4.69, 9.17) is 27.9 Å². The fourth-order valence-electron chi connectivity index (χ4n) is 2.44. The van der Waals surface area contributed by atoms with Gasteiger partial charge in [-0.15, -0.1) is 0 Å². The summed E-state index contributed by atoms with van der Waals surface area (Å²) in [5.41, 5.74) is 0.642. The molecule has 1 atom stereocenters. The molecule has 0 saturated carbocycles. The van der Waals surface area contributed by atoms with E-state index in [0.717, 1.165) is 11.1 Å². The molecule has 27 heavy (non-hydrogen) atoms. The van der Waals surface area contributed by atoms with Gasteiger partial charge in [-0.1, -0.05) is 23.2 Å². The lowest BCUT2D eigenvalue weighted by molar-refractivity contribution is -0.131. The molecule has 2 aromatic rings. The number of rotatable bonds is 4. The Balaban J connectivity index is 1.88. The number of halogens is 2. The standard InChI is InChI=1S/C18H13Cl2N3O4/c1-27-12-5-3-11(4-6-12)23-17(25)13(16(24)22-18(23)26)9-21-15-7-2-10(19)8-14(15)20/h2-9,13H,1H3,(H,22,24,26)/t13-/m0/s1. The van der Waals surface area contributed by atoms with Gasteiger partial charge in [0.15, 0.2) is 5.92 Å². The van der Waals surface area contributed by atoms with Crippen molar-refractivity contribution in [2.75, 3.05) is 12.0 Å². The number of barbiturate groups is 1. The molecule has 7 nitrogen and oxygen atoms in total. The second-order valence-electron chi connectivity index (χ2n) is 5.52. The number of imide groups is 2. The van der Waals surface area contributed by atoms with Crippen molar-refractivity contribution in [2.45, 2.75) is 0 Å². The Morgan fingerprint density at radius 3 is 2.44 bits per heavy atom. The normalized spacial score (nSPS) is 17.4. The molecule has 0 aromatic heterocycles. The van der Waals surface area contributed by atoms with Crippen LogP contribution in [0.4, 0.5) is 16.2 Å². The number of urea groups is 1. The first-order valence-corrected chi connectivity index (χ1v) is 8.48. The highest BCUT2D eigenvalue weighted by molar-refractivity contribution is 6.36. The Kier molecular flexibility index (Phi) is 5.43. The fraction of sp³-hybridized carbons (Fsp3) is 0.111. The van der Waals surface area contributed by atoms with E-state index in [2.05, 4.69) is 10.3 Å². The van der Waals surface area contributed by atoms with Crippen LogP contribution in [0.15, 0.2) is 47.5 Å². The number of carbonyl (C=O) groups is 3. The van der Waals surface area contributed by atoms with E-state index in [1.54, 1.807) is 24.3 Å². The van der Waals surface area contributed by atoms with Gasteiger partial charge in [0.25, 0.3) is 5.91 Å². The minimum Gasteiger partial charge on any atom is -0.497 e. The number of nitrogens with one attached hydrogen (secondary N) is 1. The molecule has 1 heterocycles. The van der Waals surface area contributed by atoms with E-state index in [9.17, 15) is 14.4 Å². The zero-order valence-electron chi connectivity index (χ0n) is 14.0. The maximum absolute atomic E-state index is 12.7. The zero-order chi connectivity index (χ0) is 19.6. The largest absolute Gasteiger partial charge is 0.497 e. The first-order chi connectivity index (χ1) is 12.9. The Hall–Kier alpha value is -2.90. The molecule has 0 spiro atoms. The number of amides is 4. The maximum Gasteiger partial charge on any atom is 0.335 e. The minimum absolute atomic E-state index is 0.269. The van der Waals surface area contributed by atoms with Gasteiger partial charge in [0, 0.05) is 11.2 Å². The van der Waals surface area contributed by atoms with Gasteiger partial charge >= 0.3 is 6.03 Å². The van der Waals surface area contributed by atoms with Gasteiger partial charge in [0.1, 0.15) is 5.75 Å². The van der Waals surface area contributed by atoms with Crippen molar-refractivity contribution < 1.29 is 19.1 Å². The van der Waals surface area contributed by atoms with E-state index < -0.39 is 23.8 Å². The maximum atomic E-state index is 12.7. The molecule has 1 aliphatic rings. The van der Waals surface area contributed by atoms with Crippen molar-refractivity contribution in [3.63, 3.8) is 0 Å². The van der Waals surface area contributed by atoms with Crippen molar-refractivity contribution in [2.24, 2.45) is 10.9 Å². The summed E-state index contributed by atoms with van der Waals surface area (Å²) in [6.45, 7) is 0. The summed E-state index contributed by atoms with van der Waals surface area (Å²) in [6, 6.07) is 10.1. The molecule has 4 amide bonds. The summed E-state index contributed by atoms with van der Waals surface area (Å²) in [5, 5.41) is 2.85. The summed E-state index contributed by atoms with van der Waals surface area (Å²) in [5.74, 6) is -2.20.